The minimum absolute atomic E-state index is 0.112. The lowest BCUT2D eigenvalue weighted by atomic mass is 9.98. The van der Waals surface area contributed by atoms with Crippen LogP contribution in [-0.4, -0.2) is 45.6 Å². The van der Waals surface area contributed by atoms with Crippen molar-refractivity contribution >= 4 is 17.5 Å². The minimum Gasteiger partial charge on any atom is -0.396 e. The SMILES string of the molecule is CC(C)c1ncc(Cl)c(C(=O)N2CCCC(CCO)CC2)n1. The molecule has 0 bridgehead atoms. The smallest absolute Gasteiger partial charge is 0.274 e. The Morgan fingerprint density at radius 3 is 2.91 bits per heavy atom. The van der Waals surface area contributed by atoms with E-state index in [1.54, 1.807) is 0 Å². The van der Waals surface area contributed by atoms with Crippen molar-refractivity contribution in [1.82, 2.24) is 14.9 Å². The molecule has 1 saturated heterocycles. The summed E-state index contributed by atoms with van der Waals surface area (Å²) in [5, 5.41) is 9.38. The highest BCUT2D eigenvalue weighted by Crippen LogP contribution is 2.23. The molecule has 0 aliphatic carbocycles. The van der Waals surface area contributed by atoms with Crippen molar-refractivity contribution in [2.45, 2.75) is 45.4 Å². The topological polar surface area (TPSA) is 66.3 Å². The second-order valence-corrected chi connectivity index (χ2v) is 6.59. The lowest BCUT2D eigenvalue weighted by Crippen LogP contribution is -2.33. The van der Waals surface area contributed by atoms with Gasteiger partial charge in [-0.25, -0.2) is 9.97 Å². The zero-order chi connectivity index (χ0) is 16.1. The molecule has 1 fully saturated rings. The molecule has 122 valence electrons. The van der Waals surface area contributed by atoms with E-state index in [9.17, 15) is 4.79 Å². The largest absolute Gasteiger partial charge is 0.396 e. The number of carbonyl (C=O) groups is 1. The van der Waals surface area contributed by atoms with Crippen LogP contribution in [0.3, 0.4) is 0 Å². The molecule has 1 atom stereocenters. The Hall–Kier alpha value is -1.20. The molecule has 0 saturated carbocycles. The van der Waals surface area contributed by atoms with Gasteiger partial charge >= 0.3 is 0 Å². The van der Waals surface area contributed by atoms with Crippen molar-refractivity contribution < 1.29 is 9.90 Å². The van der Waals surface area contributed by atoms with Crippen LogP contribution in [0.25, 0.3) is 0 Å². The summed E-state index contributed by atoms with van der Waals surface area (Å²) in [6.07, 6.45) is 5.26. The quantitative estimate of drug-likeness (QED) is 0.924. The van der Waals surface area contributed by atoms with Crippen LogP contribution in [0.15, 0.2) is 6.20 Å². The maximum absolute atomic E-state index is 12.7. The van der Waals surface area contributed by atoms with E-state index in [1.807, 2.05) is 18.7 Å². The molecule has 1 N–H and O–H groups in total. The Kier molecular flexibility index (Phi) is 6.15. The maximum atomic E-state index is 12.7. The highest BCUT2D eigenvalue weighted by Gasteiger charge is 2.24. The molecule has 1 aliphatic rings. The van der Waals surface area contributed by atoms with Crippen LogP contribution >= 0.6 is 11.6 Å². The van der Waals surface area contributed by atoms with Gasteiger partial charge in [-0.05, 0) is 31.6 Å². The molecule has 1 aromatic heterocycles. The van der Waals surface area contributed by atoms with Crippen LogP contribution in [0.2, 0.25) is 5.02 Å². The van der Waals surface area contributed by atoms with Gasteiger partial charge in [-0.15, -0.1) is 0 Å². The molecule has 1 unspecified atom stereocenters. The number of hydrogen-bond acceptors (Lipinski definition) is 4. The molecule has 1 aromatic rings. The Labute approximate surface area is 136 Å². The fraction of sp³-hybridized carbons (Fsp3) is 0.688. The molecule has 1 amide bonds. The first kappa shape index (κ1) is 17.2. The summed E-state index contributed by atoms with van der Waals surface area (Å²) in [6.45, 7) is 5.61. The van der Waals surface area contributed by atoms with Gasteiger partial charge in [0.05, 0.1) is 11.2 Å². The number of nitrogens with zero attached hydrogens (tertiary/aromatic N) is 3. The number of aliphatic hydroxyl groups excluding tert-OH is 1. The van der Waals surface area contributed by atoms with Crippen molar-refractivity contribution in [3.8, 4) is 0 Å². The highest BCUT2D eigenvalue weighted by molar-refractivity contribution is 6.33. The zero-order valence-electron chi connectivity index (χ0n) is 13.3. The molecule has 1 aliphatic heterocycles. The van der Waals surface area contributed by atoms with Gasteiger partial charge in [0.2, 0.25) is 0 Å². The predicted octanol–water partition coefficient (Wildman–Crippen LogP) is 2.88. The monoisotopic (exact) mass is 325 g/mol. The number of aromatic nitrogens is 2. The van der Waals surface area contributed by atoms with E-state index >= 15 is 0 Å². The molecule has 22 heavy (non-hydrogen) atoms. The summed E-state index contributed by atoms with van der Waals surface area (Å²) in [5.74, 6) is 1.18. The maximum Gasteiger partial charge on any atom is 0.274 e. The molecule has 0 radical (unpaired) electrons. The number of hydrogen-bond donors (Lipinski definition) is 1. The van der Waals surface area contributed by atoms with E-state index in [1.165, 1.54) is 6.20 Å². The number of halogens is 1. The molecular formula is C16H24ClN3O2. The average molecular weight is 326 g/mol. The first-order valence-electron chi connectivity index (χ1n) is 7.95. The van der Waals surface area contributed by atoms with E-state index < -0.39 is 0 Å². The fourth-order valence-corrected chi connectivity index (χ4v) is 2.97. The van der Waals surface area contributed by atoms with Crippen LogP contribution in [0, 0.1) is 5.92 Å². The van der Waals surface area contributed by atoms with Crippen molar-refractivity contribution in [2.24, 2.45) is 5.92 Å². The first-order valence-corrected chi connectivity index (χ1v) is 8.33. The normalized spacial score (nSPS) is 19.3. The van der Waals surface area contributed by atoms with Gasteiger partial charge in [-0.3, -0.25) is 4.79 Å². The zero-order valence-corrected chi connectivity index (χ0v) is 14.0. The number of aliphatic hydroxyl groups is 1. The van der Waals surface area contributed by atoms with Gasteiger partial charge in [0.15, 0.2) is 5.69 Å². The van der Waals surface area contributed by atoms with E-state index in [4.69, 9.17) is 16.7 Å². The van der Waals surface area contributed by atoms with Crippen LogP contribution in [0.4, 0.5) is 0 Å². The lowest BCUT2D eigenvalue weighted by molar-refractivity contribution is 0.0753. The number of amides is 1. The van der Waals surface area contributed by atoms with Gasteiger partial charge in [0.1, 0.15) is 5.82 Å². The number of rotatable bonds is 4. The van der Waals surface area contributed by atoms with Crippen LogP contribution in [-0.2, 0) is 0 Å². The third-order valence-electron chi connectivity index (χ3n) is 4.15. The van der Waals surface area contributed by atoms with Gasteiger partial charge < -0.3 is 10.0 Å². The number of likely N-dealkylation sites (tertiary alicyclic amines) is 1. The Balaban J connectivity index is 2.12. The number of carbonyl (C=O) groups excluding carboxylic acids is 1. The van der Waals surface area contributed by atoms with Gasteiger partial charge in [0.25, 0.3) is 5.91 Å². The van der Waals surface area contributed by atoms with Crippen LogP contribution in [0.1, 0.15) is 61.8 Å². The molecule has 2 heterocycles. The van der Waals surface area contributed by atoms with E-state index in [2.05, 4.69) is 9.97 Å². The summed E-state index contributed by atoms with van der Waals surface area (Å²) in [4.78, 5) is 23.1. The second kappa shape index (κ2) is 7.88. The minimum atomic E-state index is -0.112. The van der Waals surface area contributed by atoms with Crippen molar-refractivity contribution in [3.05, 3.63) is 22.7 Å². The van der Waals surface area contributed by atoms with E-state index in [0.29, 0.717) is 29.0 Å². The molecule has 0 aromatic carbocycles. The van der Waals surface area contributed by atoms with Gasteiger partial charge in [-0.2, -0.15) is 0 Å². The summed E-state index contributed by atoms with van der Waals surface area (Å²) in [5.41, 5.74) is 0.306. The average Bonchev–Trinajstić information content (AvgIpc) is 2.73. The molecule has 0 spiro atoms. The first-order chi connectivity index (χ1) is 10.5. The molecule has 5 nitrogen and oxygen atoms in total. The lowest BCUT2D eigenvalue weighted by Gasteiger charge is -2.21. The molecule has 2 rings (SSSR count). The summed E-state index contributed by atoms with van der Waals surface area (Å²) in [6, 6.07) is 0. The predicted molar refractivity (Wildman–Crippen MR) is 86.1 cm³/mol. The van der Waals surface area contributed by atoms with Crippen molar-refractivity contribution in [2.75, 3.05) is 19.7 Å². The van der Waals surface area contributed by atoms with Crippen molar-refractivity contribution in [1.29, 1.82) is 0 Å². The fourth-order valence-electron chi connectivity index (χ4n) is 2.80. The summed E-state index contributed by atoms with van der Waals surface area (Å²) in [7, 11) is 0. The Bertz CT molecular complexity index is 522. The van der Waals surface area contributed by atoms with Crippen molar-refractivity contribution in [3.63, 3.8) is 0 Å². The highest BCUT2D eigenvalue weighted by atomic mass is 35.5. The second-order valence-electron chi connectivity index (χ2n) is 6.18. The van der Waals surface area contributed by atoms with Crippen LogP contribution < -0.4 is 0 Å². The van der Waals surface area contributed by atoms with Crippen LogP contribution in [0.5, 0.6) is 0 Å². The Morgan fingerprint density at radius 1 is 1.45 bits per heavy atom. The summed E-state index contributed by atoms with van der Waals surface area (Å²) < 4.78 is 0. The summed E-state index contributed by atoms with van der Waals surface area (Å²) >= 11 is 6.13. The third kappa shape index (κ3) is 4.17. The standard InChI is InChI=1S/C16H24ClN3O2/c1-11(2)15-18-10-13(17)14(19-15)16(22)20-7-3-4-12(5-8-20)6-9-21/h10-12,21H,3-9H2,1-2H3. The molecular weight excluding hydrogens is 302 g/mol. The third-order valence-corrected chi connectivity index (χ3v) is 4.43. The van der Waals surface area contributed by atoms with E-state index in [-0.39, 0.29) is 18.4 Å². The van der Waals surface area contributed by atoms with Gasteiger partial charge in [-0.1, -0.05) is 25.4 Å². The van der Waals surface area contributed by atoms with Gasteiger partial charge in [0, 0.05) is 25.6 Å². The van der Waals surface area contributed by atoms with E-state index in [0.717, 1.165) is 32.2 Å². The molecule has 6 heteroatoms. The Morgan fingerprint density at radius 2 is 2.23 bits per heavy atom.